The Labute approximate surface area is 169 Å². The molecule has 2 saturated heterocycles. The maximum absolute atomic E-state index is 10.5. The molecule has 142 valence electrons. The Morgan fingerprint density at radius 1 is 1.38 bits per heavy atom. The third-order valence-electron chi connectivity index (χ3n) is 4.94. The van der Waals surface area contributed by atoms with Crippen molar-refractivity contribution in [1.82, 2.24) is 15.1 Å². The van der Waals surface area contributed by atoms with Crippen molar-refractivity contribution in [3.05, 3.63) is 0 Å². The lowest BCUT2D eigenvalue weighted by Crippen LogP contribution is -2.42. The number of rotatable bonds is 7. The summed E-state index contributed by atoms with van der Waals surface area (Å²) >= 11 is 1.83. The summed E-state index contributed by atoms with van der Waals surface area (Å²) in [7, 11) is 0. The Morgan fingerprint density at radius 3 is 2.71 bits per heavy atom. The molecule has 0 aromatic rings. The molecule has 0 spiro atoms. The van der Waals surface area contributed by atoms with E-state index in [-0.39, 0.29) is 24.0 Å². The van der Waals surface area contributed by atoms with E-state index >= 15 is 0 Å². The summed E-state index contributed by atoms with van der Waals surface area (Å²) in [6, 6.07) is 0. The third-order valence-corrected chi connectivity index (χ3v) is 6.17. The molecule has 0 aromatic heterocycles. The summed E-state index contributed by atoms with van der Waals surface area (Å²) in [5, 5.41) is 13.9. The van der Waals surface area contributed by atoms with Crippen LogP contribution in [0.1, 0.15) is 33.6 Å². The molecule has 7 heteroatoms. The largest absolute Gasteiger partial charge is 0.387 e. The molecule has 0 aliphatic carbocycles. The van der Waals surface area contributed by atoms with E-state index in [9.17, 15) is 5.11 Å². The first kappa shape index (κ1) is 22.3. The van der Waals surface area contributed by atoms with E-state index in [4.69, 9.17) is 4.99 Å². The summed E-state index contributed by atoms with van der Waals surface area (Å²) in [5.74, 6) is 3.59. The van der Waals surface area contributed by atoms with Gasteiger partial charge in [0.05, 0.1) is 12.1 Å². The molecule has 0 aromatic carbocycles. The Bertz CT molecular complexity index is 387. The van der Waals surface area contributed by atoms with Gasteiger partial charge in [-0.3, -0.25) is 4.99 Å². The number of nitrogens with zero attached hydrogens (tertiary/aromatic N) is 3. The molecule has 5 nitrogen and oxygen atoms in total. The lowest BCUT2D eigenvalue weighted by atomic mass is 10.1. The molecule has 24 heavy (non-hydrogen) atoms. The van der Waals surface area contributed by atoms with Crippen LogP contribution in [-0.4, -0.2) is 83.8 Å². The highest BCUT2D eigenvalue weighted by atomic mass is 127. The molecule has 2 rings (SSSR count). The zero-order valence-electron chi connectivity index (χ0n) is 15.5. The molecule has 2 atom stereocenters. The second-order valence-electron chi connectivity index (χ2n) is 6.78. The molecular weight excluding hydrogens is 435 g/mol. The molecule has 2 aliphatic heterocycles. The van der Waals surface area contributed by atoms with Crippen LogP contribution in [0.3, 0.4) is 0 Å². The van der Waals surface area contributed by atoms with Crippen molar-refractivity contribution in [3.8, 4) is 0 Å². The number of likely N-dealkylation sites (tertiary alicyclic amines) is 1. The Hall–Kier alpha value is 0.270. The van der Waals surface area contributed by atoms with Crippen LogP contribution in [-0.2, 0) is 0 Å². The maximum Gasteiger partial charge on any atom is 0.194 e. The van der Waals surface area contributed by atoms with Crippen molar-refractivity contribution < 1.29 is 5.11 Å². The number of thioether (sulfide) groups is 1. The van der Waals surface area contributed by atoms with Crippen molar-refractivity contribution in [2.45, 2.75) is 39.2 Å². The van der Waals surface area contributed by atoms with Gasteiger partial charge in [-0.25, -0.2) is 0 Å². The van der Waals surface area contributed by atoms with Crippen molar-refractivity contribution in [1.29, 1.82) is 0 Å². The van der Waals surface area contributed by atoms with Gasteiger partial charge < -0.3 is 20.2 Å². The Kier molecular flexibility index (Phi) is 10.3. The van der Waals surface area contributed by atoms with Crippen LogP contribution in [0, 0.1) is 5.92 Å². The molecule has 2 unspecified atom stereocenters. The van der Waals surface area contributed by atoms with E-state index in [1.165, 1.54) is 13.0 Å². The van der Waals surface area contributed by atoms with Gasteiger partial charge in [0.1, 0.15) is 0 Å². The predicted molar refractivity (Wildman–Crippen MR) is 116 cm³/mol. The summed E-state index contributed by atoms with van der Waals surface area (Å²) < 4.78 is 0. The van der Waals surface area contributed by atoms with Crippen molar-refractivity contribution in [3.63, 3.8) is 0 Å². The lowest BCUT2D eigenvalue weighted by Gasteiger charge is -2.25. The van der Waals surface area contributed by atoms with Gasteiger partial charge in [-0.15, -0.1) is 24.0 Å². The highest BCUT2D eigenvalue weighted by molar-refractivity contribution is 14.0. The van der Waals surface area contributed by atoms with Crippen LogP contribution in [0.15, 0.2) is 4.99 Å². The molecule has 2 heterocycles. The topological polar surface area (TPSA) is 51.1 Å². The smallest absolute Gasteiger partial charge is 0.194 e. The molecule has 0 bridgehead atoms. The molecule has 0 radical (unpaired) electrons. The van der Waals surface area contributed by atoms with Crippen molar-refractivity contribution in [2.75, 3.05) is 57.3 Å². The second kappa shape index (κ2) is 11.1. The minimum Gasteiger partial charge on any atom is -0.387 e. The summed E-state index contributed by atoms with van der Waals surface area (Å²) in [4.78, 5) is 9.65. The summed E-state index contributed by atoms with van der Waals surface area (Å²) in [5.41, 5.74) is -0.592. The molecular formula is C17H35IN4OS. The van der Waals surface area contributed by atoms with E-state index < -0.39 is 5.60 Å². The average molecular weight is 470 g/mol. The van der Waals surface area contributed by atoms with Crippen LogP contribution in [0.5, 0.6) is 0 Å². The van der Waals surface area contributed by atoms with Gasteiger partial charge in [0.2, 0.25) is 0 Å². The number of nitrogens with one attached hydrogen (secondary N) is 1. The predicted octanol–water partition coefficient (Wildman–Crippen LogP) is 2.10. The normalized spacial score (nSPS) is 27.6. The lowest BCUT2D eigenvalue weighted by molar-refractivity contribution is 0.0776. The third kappa shape index (κ3) is 6.53. The van der Waals surface area contributed by atoms with Gasteiger partial charge in [-0.05, 0) is 44.5 Å². The van der Waals surface area contributed by atoms with Crippen molar-refractivity contribution >= 4 is 41.7 Å². The Morgan fingerprint density at radius 2 is 2.12 bits per heavy atom. The maximum atomic E-state index is 10.5. The minimum atomic E-state index is -0.592. The molecule has 2 aliphatic rings. The van der Waals surface area contributed by atoms with E-state index in [1.807, 2.05) is 11.8 Å². The molecule has 2 N–H and O–H groups in total. The average Bonchev–Trinajstić information content (AvgIpc) is 3.19. The Balaban J connectivity index is 0.00000288. The fourth-order valence-electron chi connectivity index (χ4n) is 3.39. The molecule has 0 saturated carbocycles. The number of aliphatic imine (C=N–C) groups is 1. The van der Waals surface area contributed by atoms with Crippen LogP contribution in [0.2, 0.25) is 0 Å². The van der Waals surface area contributed by atoms with Gasteiger partial charge in [-0.1, -0.05) is 13.8 Å². The highest BCUT2D eigenvalue weighted by Gasteiger charge is 2.32. The fourth-order valence-corrected chi connectivity index (χ4v) is 4.67. The zero-order chi connectivity index (χ0) is 16.7. The first-order valence-corrected chi connectivity index (χ1v) is 10.3. The van der Waals surface area contributed by atoms with E-state index in [1.54, 1.807) is 0 Å². The highest BCUT2D eigenvalue weighted by Crippen LogP contribution is 2.28. The zero-order valence-corrected chi connectivity index (χ0v) is 18.6. The number of guanidine groups is 1. The van der Waals surface area contributed by atoms with Crippen LogP contribution < -0.4 is 5.32 Å². The van der Waals surface area contributed by atoms with Gasteiger partial charge in [0.25, 0.3) is 0 Å². The molecule has 2 fully saturated rings. The van der Waals surface area contributed by atoms with Crippen LogP contribution in [0.4, 0.5) is 0 Å². The van der Waals surface area contributed by atoms with Gasteiger partial charge >= 0.3 is 0 Å². The quantitative estimate of drug-likeness (QED) is 0.339. The summed E-state index contributed by atoms with van der Waals surface area (Å²) in [6.07, 6.45) is 2.10. The fraction of sp³-hybridized carbons (Fsp3) is 0.941. The second-order valence-corrected chi connectivity index (χ2v) is 7.89. The van der Waals surface area contributed by atoms with E-state index in [0.29, 0.717) is 6.54 Å². The monoisotopic (exact) mass is 470 g/mol. The van der Waals surface area contributed by atoms with Crippen LogP contribution >= 0.6 is 35.7 Å². The van der Waals surface area contributed by atoms with Gasteiger partial charge in [0.15, 0.2) is 5.96 Å². The van der Waals surface area contributed by atoms with Gasteiger partial charge in [-0.2, -0.15) is 11.8 Å². The van der Waals surface area contributed by atoms with Gasteiger partial charge in [0, 0.05) is 31.9 Å². The summed E-state index contributed by atoms with van der Waals surface area (Å²) in [6.45, 7) is 13.6. The van der Waals surface area contributed by atoms with Crippen molar-refractivity contribution in [2.24, 2.45) is 10.9 Å². The van der Waals surface area contributed by atoms with E-state index in [2.05, 4.69) is 35.9 Å². The standard InChI is InChI=1S/C17H34N4OS.HI/c1-4-18-16(19-13-17(22)8-10-23-14-17)21-9-7-15(12-21)11-20(5-2)6-3;/h15,22H,4-14H2,1-3H3,(H,18,19);1H. The number of aliphatic hydroxyl groups is 1. The minimum absolute atomic E-state index is 0. The molecule has 0 amide bonds. The number of hydrogen-bond acceptors (Lipinski definition) is 4. The SMILES string of the molecule is CCNC(=NCC1(O)CCSC1)N1CCC(CN(CC)CC)C1.I. The first-order valence-electron chi connectivity index (χ1n) is 9.16. The first-order chi connectivity index (χ1) is 11.1. The van der Waals surface area contributed by atoms with Crippen LogP contribution in [0.25, 0.3) is 0 Å². The van der Waals surface area contributed by atoms with E-state index in [0.717, 1.165) is 62.5 Å². The number of halogens is 1. The number of hydrogen-bond donors (Lipinski definition) is 2.